The first kappa shape index (κ1) is 53.7. The van der Waals surface area contributed by atoms with Gasteiger partial charge < -0.3 is 11.5 Å². The predicted molar refractivity (Wildman–Crippen MR) is 307 cm³/mol. The molecule has 0 saturated heterocycles. The van der Waals surface area contributed by atoms with Gasteiger partial charge in [0.1, 0.15) is 0 Å². The average molecular weight is 921 g/mol. The number of hydrogen-bond acceptors (Lipinski definition) is 2. The summed E-state index contributed by atoms with van der Waals surface area (Å²) in [6.07, 6.45) is 38.5. The van der Waals surface area contributed by atoms with E-state index in [0.29, 0.717) is 5.92 Å². The highest BCUT2D eigenvalue weighted by Gasteiger charge is 2.25. The maximum atomic E-state index is 6.30. The fourth-order valence-corrected chi connectivity index (χ4v) is 8.71. The van der Waals surface area contributed by atoms with Crippen molar-refractivity contribution in [3.8, 4) is 11.1 Å². The van der Waals surface area contributed by atoms with Crippen molar-refractivity contribution in [2.24, 2.45) is 23.3 Å². The summed E-state index contributed by atoms with van der Waals surface area (Å²) in [7, 11) is 0. The van der Waals surface area contributed by atoms with Gasteiger partial charge in [0.05, 0.1) is 0 Å². The molecule has 0 saturated carbocycles. The molecule has 0 fully saturated rings. The van der Waals surface area contributed by atoms with Crippen LogP contribution in [0.4, 0.5) is 0 Å². The topological polar surface area (TPSA) is 52.0 Å². The van der Waals surface area contributed by atoms with Crippen molar-refractivity contribution in [3.63, 3.8) is 0 Å². The predicted octanol–water partition coefficient (Wildman–Crippen LogP) is 17.7. The highest BCUT2D eigenvalue weighted by Crippen LogP contribution is 2.42. The molecule has 5 aromatic carbocycles. The Labute approximate surface area is 422 Å². The molecule has 4 atom stereocenters. The first-order chi connectivity index (χ1) is 34.2. The highest BCUT2D eigenvalue weighted by molar-refractivity contribution is 5.78. The molecule has 70 heavy (non-hydrogen) atoms. The molecule has 2 nitrogen and oxygen atoms in total. The standard InChI is InChI=1S/C56H53N.C8H11N.2C2H6/c1-41-28-29-44(17-14-19-45-30-33-49(34-31-45)48-21-6-4-7-22-48)18-15-20-47(36-41)38-51-25-11-13-26-52(51)42(2)37-55(43(3)40-57)56-39-46-16-10-12-27-53(54(56)35-32-46)50-23-8-5-9-24-50;1-7(9)8-5-3-2-4-6-8;2*1-2/h4-18,20-37,40,44,46,53H,2,19,38-39,57H2,1,3H3;2-7H,9H2,1H3;2*1-2H3/b16-10-,17-14+,18-15?,27-12-,29-28-,41-36+,43-40-,47-20+,55-37+;;;. The van der Waals surface area contributed by atoms with Crippen LogP contribution in [0.25, 0.3) is 16.7 Å². The van der Waals surface area contributed by atoms with Crippen molar-refractivity contribution in [1.82, 2.24) is 0 Å². The van der Waals surface area contributed by atoms with Crippen molar-refractivity contribution in [3.05, 3.63) is 305 Å². The van der Waals surface area contributed by atoms with Gasteiger partial charge in [0.25, 0.3) is 0 Å². The normalized spacial score (nSPS) is 20.8. The first-order valence-electron chi connectivity index (χ1n) is 25.3. The Bertz CT molecular complexity index is 2760. The second kappa shape index (κ2) is 28.9. The van der Waals surface area contributed by atoms with E-state index < -0.39 is 0 Å². The van der Waals surface area contributed by atoms with Crippen molar-refractivity contribution in [1.29, 1.82) is 0 Å². The molecule has 4 unspecified atom stereocenters. The Morgan fingerprint density at radius 1 is 0.700 bits per heavy atom. The van der Waals surface area contributed by atoms with Gasteiger partial charge in [0.2, 0.25) is 0 Å². The van der Waals surface area contributed by atoms with Crippen LogP contribution in [0.15, 0.2) is 277 Å². The Balaban J connectivity index is 0.000000620. The highest BCUT2D eigenvalue weighted by atomic mass is 14.6. The summed E-state index contributed by atoms with van der Waals surface area (Å²) in [5.41, 5.74) is 28.9. The Hall–Kier alpha value is -7.26. The lowest BCUT2D eigenvalue weighted by Crippen LogP contribution is -2.11. The quantitative estimate of drug-likeness (QED) is 0.0968. The number of rotatable bonds is 12. The SMILES string of the molecule is C=C(/C=C(C1=C2C=CC(/C=C\C=C/C2c2ccccc2)C1)\C(C)=C/N)c1ccccc1CC1=C\C=CC(/C=C/Cc2ccc(-c3ccccc3)cc2)\C=C/C(C)=C/1.CC.CC.CC(N)c1ccccc1. The third-order valence-corrected chi connectivity index (χ3v) is 12.4. The average Bonchev–Trinajstić information content (AvgIpc) is 3.62. The van der Waals surface area contributed by atoms with Crippen LogP contribution in [-0.2, 0) is 12.8 Å². The molecule has 9 rings (SSSR count). The maximum Gasteiger partial charge on any atom is 0.0275 e. The Morgan fingerprint density at radius 3 is 2.00 bits per heavy atom. The van der Waals surface area contributed by atoms with Crippen molar-refractivity contribution in [2.45, 2.75) is 79.7 Å². The summed E-state index contributed by atoms with van der Waals surface area (Å²) in [5.74, 6) is 0.667. The van der Waals surface area contributed by atoms with E-state index in [-0.39, 0.29) is 17.9 Å². The van der Waals surface area contributed by atoms with Gasteiger partial charge in [0.15, 0.2) is 0 Å². The monoisotopic (exact) mass is 921 g/mol. The molecule has 0 heterocycles. The van der Waals surface area contributed by atoms with Gasteiger partial charge in [-0.15, -0.1) is 0 Å². The van der Waals surface area contributed by atoms with E-state index in [1.54, 1.807) is 6.20 Å². The minimum Gasteiger partial charge on any atom is -0.404 e. The van der Waals surface area contributed by atoms with Crippen LogP contribution in [0.2, 0.25) is 0 Å². The first-order valence-corrected chi connectivity index (χ1v) is 25.3. The molecule has 4 aliphatic carbocycles. The lowest BCUT2D eigenvalue weighted by molar-refractivity contribution is 0.768. The van der Waals surface area contributed by atoms with E-state index in [9.17, 15) is 0 Å². The molecule has 4 aliphatic rings. The summed E-state index contributed by atoms with van der Waals surface area (Å²) in [5, 5.41) is 0. The Morgan fingerprint density at radius 2 is 1.33 bits per heavy atom. The summed E-state index contributed by atoms with van der Waals surface area (Å²) in [6, 6.07) is 49.1. The van der Waals surface area contributed by atoms with Gasteiger partial charge in [0, 0.05) is 17.9 Å². The molecule has 358 valence electrons. The second-order valence-corrected chi connectivity index (χ2v) is 17.4. The molecule has 0 radical (unpaired) electrons. The van der Waals surface area contributed by atoms with Crippen LogP contribution in [0.3, 0.4) is 0 Å². The van der Waals surface area contributed by atoms with Crippen LogP contribution in [0, 0.1) is 11.8 Å². The zero-order chi connectivity index (χ0) is 50.1. The molecular formula is C68H76N2. The minimum atomic E-state index is 0.135. The van der Waals surface area contributed by atoms with Gasteiger partial charge in [-0.1, -0.05) is 264 Å². The van der Waals surface area contributed by atoms with E-state index in [1.165, 1.54) is 55.7 Å². The number of nitrogens with two attached hydrogens (primary N) is 2. The molecule has 5 aromatic rings. The van der Waals surface area contributed by atoms with Gasteiger partial charge in [-0.05, 0) is 131 Å². The Kier molecular flexibility index (Phi) is 22.2. The van der Waals surface area contributed by atoms with Crippen LogP contribution in [0.5, 0.6) is 0 Å². The van der Waals surface area contributed by atoms with Gasteiger partial charge >= 0.3 is 0 Å². The lowest BCUT2D eigenvalue weighted by Gasteiger charge is -2.27. The minimum absolute atomic E-state index is 0.135. The van der Waals surface area contributed by atoms with Crippen LogP contribution in [0.1, 0.15) is 94.7 Å². The molecule has 2 bridgehead atoms. The summed E-state index contributed by atoms with van der Waals surface area (Å²) >= 11 is 0. The zero-order valence-corrected chi connectivity index (χ0v) is 42.8. The second-order valence-electron chi connectivity index (χ2n) is 17.4. The smallest absolute Gasteiger partial charge is 0.0275 e. The number of fused-ring (bicyclic) bond motifs is 3. The van der Waals surface area contributed by atoms with E-state index >= 15 is 0 Å². The van der Waals surface area contributed by atoms with Crippen molar-refractivity contribution < 1.29 is 0 Å². The van der Waals surface area contributed by atoms with E-state index in [2.05, 4.69) is 214 Å². The van der Waals surface area contributed by atoms with Gasteiger partial charge in [-0.2, -0.15) is 0 Å². The molecular weight excluding hydrogens is 845 g/mol. The fraction of sp³-hybridized carbons (Fsp3) is 0.206. The summed E-state index contributed by atoms with van der Waals surface area (Å²) in [4.78, 5) is 0. The zero-order valence-electron chi connectivity index (χ0n) is 42.8. The molecule has 0 amide bonds. The molecule has 2 heteroatoms. The molecule has 0 aromatic heterocycles. The van der Waals surface area contributed by atoms with E-state index in [4.69, 9.17) is 18.0 Å². The van der Waals surface area contributed by atoms with Gasteiger partial charge in [-0.3, -0.25) is 0 Å². The molecule has 4 N–H and O–H groups in total. The van der Waals surface area contributed by atoms with E-state index in [1.807, 2.05) is 65.0 Å². The van der Waals surface area contributed by atoms with Crippen LogP contribution in [-0.4, -0.2) is 0 Å². The van der Waals surface area contributed by atoms with Gasteiger partial charge in [-0.25, -0.2) is 0 Å². The molecule has 0 aliphatic heterocycles. The third-order valence-electron chi connectivity index (χ3n) is 12.4. The van der Waals surface area contributed by atoms with Crippen LogP contribution >= 0.6 is 0 Å². The maximum absolute atomic E-state index is 6.30. The van der Waals surface area contributed by atoms with Crippen LogP contribution < -0.4 is 11.5 Å². The lowest BCUT2D eigenvalue weighted by atomic mass is 9.77. The van der Waals surface area contributed by atoms with E-state index in [0.717, 1.165) is 41.5 Å². The number of benzene rings is 5. The third kappa shape index (κ3) is 15.9. The van der Waals surface area contributed by atoms with Crippen molar-refractivity contribution >= 4 is 5.57 Å². The van der Waals surface area contributed by atoms with Crippen molar-refractivity contribution in [2.75, 3.05) is 0 Å². The molecule has 0 spiro atoms. The number of hydrogen-bond donors (Lipinski definition) is 2. The summed E-state index contributed by atoms with van der Waals surface area (Å²) in [6.45, 7) is 19.0. The largest absolute Gasteiger partial charge is 0.404 e. The fourth-order valence-electron chi connectivity index (χ4n) is 8.71. The summed E-state index contributed by atoms with van der Waals surface area (Å²) < 4.78 is 0. The number of allylic oxidation sites excluding steroid dienone is 22.